The Bertz CT molecular complexity index is 657. The molecule has 2 aliphatic rings. The lowest BCUT2D eigenvalue weighted by molar-refractivity contribution is -0.0879. The molecule has 31 heavy (non-hydrogen) atoms. The molecule has 0 aliphatic heterocycles. The number of aliphatic hydroxyl groups excluding tert-OH is 1. The Kier molecular flexibility index (Phi) is 8.54. The maximum Gasteiger partial charge on any atom is 0.192 e. The number of ether oxygens (including phenoxy) is 2. The molecule has 0 amide bonds. The van der Waals surface area contributed by atoms with Crippen LogP contribution in [0.3, 0.4) is 0 Å². The predicted octanol–water partition coefficient (Wildman–Crippen LogP) is 5.99. The lowest BCUT2D eigenvalue weighted by Gasteiger charge is -2.50. The van der Waals surface area contributed by atoms with Crippen molar-refractivity contribution < 1.29 is 19.0 Å². The Hall–Kier alpha value is -0.383. The molecule has 2 fully saturated rings. The molecule has 6 atom stereocenters. The van der Waals surface area contributed by atoms with Gasteiger partial charge in [0.05, 0.1) is 0 Å². The molecular formula is C26H48O4Si. The van der Waals surface area contributed by atoms with Gasteiger partial charge in [-0.2, -0.15) is 0 Å². The molecule has 2 rings (SSSR count). The summed E-state index contributed by atoms with van der Waals surface area (Å²) >= 11 is 0. The van der Waals surface area contributed by atoms with Crippen molar-refractivity contribution in [1.29, 1.82) is 0 Å². The SMILES string of the molecule is COCOC(C)(C)C#CC(O)[C@H](C)C1CC[C@H]2[C@@H](O[Si](C)(C)C(C)(C)C)CCC[C@]12C. The summed E-state index contributed by atoms with van der Waals surface area (Å²) in [6.07, 6.45) is 5.70. The molecule has 2 aliphatic carbocycles. The van der Waals surface area contributed by atoms with Crippen LogP contribution in [0.25, 0.3) is 0 Å². The molecule has 0 aromatic heterocycles. The van der Waals surface area contributed by atoms with Gasteiger partial charge >= 0.3 is 0 Å². The molecule has 0 heterocycles. The largest absolute Gasteiger partial charge is 0.414 e. The number of hydrogen-bond acceptors (Lipinski definition) is 4. The highest BCUT2D eigenvalue weighted by Crippen LogP contribution is 2.59. The first kappa shape index (κ1) is 26.9. The zero-order valence-corrected chi connectivity index (χ0v) is 22.8. The van der Waals surface area contributed by atoms with Crippen LogP contribution in [0.2, 0.25) is 18.1 Å². The van der Waals surface area contributed by atoms with Crippen molar-refractivity contribution in [3.05, 3.63) is 0 Å². The summed E-state index contributed by atoms with van der Waals surface area (Å²) in [5.41, 5.74) is -0.415. The average Bonchev–Trinajstić information content (AvgIpc) is 3.01. The fourth-order valence-electron chi connectivity index (χ4n) is 5.56. The van der Waals surface area contributed by atoms with Gasteiger partial charge in [0.1, 0.15) is 18.5 Å². The predicted molar refractivity (Wildman–Crippen MR) is 130 cm³/mol. The van der Waals surface area contributed by atoms with Crippen LogP contribution in [-0.2, 0) is 13.9 Å². The minimum atomic E-state index is -1.80. The molecule has 2 unspecified atom stereocenters. The van der Waals surface area contributed by atoms with Gasteiger partial charge in [-0.05, 0) is 80.8 Å². The molecule has 0 spiro atoms. The van der Waals surface area contributed by atoms with E-state index in [9.17, 15) is 5.11 Å². The van der Waals surface area contributed by atoms with E-state index in [0.29, 0.717) is 17.9 Å². The highest BCUT2D eigenvalue weighted by Gasteiger charge is 2.55. The highest BCUT2D eigenvalue weighted by atomic mass is 28.4. The van der Waals surface area contributed by atoms with Crippen molar-refractivity contribution >= 4 is 8.32 Å². The summed E-state index contributed by atoms with van der Waals surface area (Å²) in [4.78, 5) is 0. The minimum Gasteiger partial charge on any atom is -0.414 e. The van der Waals surface area contributed by atoms with E-state index in [2.05, 4.69) is 59.6 Å². The van der Waals surface area contributed by atoms with Crippen LogP contribution in [-0.4, -0.2) is 45.1 Å². The normalized spacial score (nSPS) is 31.5. The quantitative estimate of drug-likeness (QED) is 0.293. The fraction of sp³-hybridized carbons (Fsp3) is 0.923. The number of rotatable bonds is 7. The van der Waals surface area contributed by atoms with E-state index < -0.39 is 20.0 Å². The summed E-state index contributed by atoms with van der Waals surface area (Å²) in [6, 6.07) is 0. The summed E-state index contributed by atoms with van der Waals surface area (Å²) < 4.78 is 17.6. The summed E-state index contributed by atoms with van der Waals surface area (Å²) in [7, 11) is -0.196. The van der Waals surface area contributed by atoms with Crippen LogP contribution in [0.4, 0.5) is 0 Å². The standard InChI is InChI=1S/C26H48O4Si/c1-19(22(27)15-17-25(5,6)29-18-28-8)20-13-14-21-23(12-11-16-26(20,21)7)30-31(9,10)24(2,3)4/h19-23,27H,11-14,16,18H2,1-10H3/t19-,20?,21+,22?,23+,26-/m1/s1. The Balaban J connectivity index is 2.13. The Labute approximate surface area is 192 Å². The van der Waals surface area contributed by atoms with Crippen LogP contribution in [0, 0.1) is 35.0 Å². The van der Waals surface area contributed by atoms with Crippen LogP contribution in [0.15, 0.2) is 0 Å². The Morgan fingerprint density at radius 2 is 1.77 bits per heavy atom. The molecule has 2 saturated carbocycles. The van der Waals surface area contributed by atoms with E-state index >= 15 is 0 Å². The molecule has 0 aromatic rings. The fourth-order valence-corrected chi connectivity index (χ4v) is 6.95. The lowest BCUT2D eigenvalue weighted by atomic mass is 9.61. The van der Waals surface area contributed by atoms with E-state index in [1.807, 2.05) is 13.8 Å². The second kappa shape index (κ2) is 9.85. The van der Waals surface area contributed by atoms with Crippen LogP contribution in [0.1, 0.15) is 80.6 Å². The van der Waals surface area contributed by atoms with Crippen molar-refractivity contribution in [2.24, 2.45) is 23.2 Å². The van der Waals surface area contributed by atoms with Crippen molar-refractivity contribution in [1.82, 2.24) is 0 Å². The molecule has 0 aromatic carbocycles. The Morgan fingerprint density at radius 1 is 1.13 bits per heavy atom. The van der Waals surface area contributed by atoms with Gasteiger partial charge in [-0.25, -0.2) is 0 Å². The van der Waals surface area contributed by atoms with Crippen molar-refractivity contribution in [2.75, 3.05) is 13.9 Å². The van der Waals surface area contributed by atoms with Crippen molar-refractivity contribution in [3.8, 4) is 11.8 Å². The zero-order valence-electron chi connectivity index (χ0n) is 21.8. The van der Waals surface area contributed by atoms with E-state index in [4.69, 9.17) is 13.9 Å². The van der Waals surface area contributed by atoms with Gasteiger partial charge in [-0.15, -0.1) is 0 Å². The number of fused-ring (bicyclic) bond motifs is 1. The number of methoxy groups -OCH3 is 1. The van der Waals surface area contributed by atoms with Gasteiger partial charge in [-0.1, -0.05) is 52.9 Å². The maximum atomic E-state index is 10.9. The first-order valence-corrected chi connectivity index (χ1v) is 15.1. The topological polar surface area (TPSA) is 47.9 Å². The Morgan fingerprint density at radius 3 is 2.35 bits per heavy atom. The van der Waals surface area contributed by atoms with Gasteiger partial charge in [0.15, 0.2) is 8.32 Å². The van der Waals surface area contributed by atoms with E-state index in [1.165, 1.54) is 25.7 Å². The van der Waals surface area contributed by atoms with Gasteiger partial charge in [0.2, 0.25) is 0 Å². The molecule has 0 bridgehead atoms. The third kappa shape index (κ3) is 6.15. The van der Waals surface area contributed by atoms with E-state index in [-0.39, 0.29) is 23.2 Å². The number of hydrogen-bond donors (Lipinski definition) is 1. The molecule has 4 nitrogen and oxygen atoms in total. The monoisotopic (exact) mass is 452 g/mol. The third-order valence-corrected chi connectivity index (χ3v) is 13.1. The van der Waals surface area contributed by atoms with Crippen LogP contribution >= 0.6 is 0 Å². The molecule has 180 valence electrons. The highest BCUT2D eigenvalue weighted by molar-refractivity contribution is 6.74. The second-order valence-corrected chi connectivity index (χ2v) is 17.0. The minimum absolute atomic E-state index is 0.132. The number of aliphatic hydroxyl groups is 1. The smallest absolute Gasteiger partial charge is 0.192 e. The van der Waals surface area contributed by atoms with Gasteiger partial charge in [-0.3, -0.25) is 0 Å². The van der Waals surface area contributed by atoms with Gasteiger partial charge < -0.3 is 19.0 Å². The molecular weight excluding hydrogens is 404 g/mol. The zero-order chi connectivity index (χ0) is 23.7. The first-order valence-electron chi connectivity index (χ1n) is 12.2. The van der Waals surface area contributed by atoms with Crippen molar-refractivity contribution in [2.45, 2.75) is 117 Å². The van der Waals surface area contributed by atoms with Gasteiger partial charge in [0, 0.05) is 13.2 Å². The first-order chi connectivity index (χ1) is 14.1. The molecule has 5 heteroatoms. The summed E-state index contributed by atoms with van der Waals surface area (Å²) in [6.45, 7) is 20.4. The van der Waals surface area contributed by atoms with Crippen LogP contribution < -0.4 is 0 Å². The molecule has 1 N–H and O–H groups in total. The average molecular weight is 453 g/mol. The molecule has 0 radical (unpaired) electrons. The maximum absolute atomic E-state index is 10.9. The van der Waals surface area contributed by atoms with Crippen molar-refractivity contribution in [3.63, 3.8) is 0 Å². The molecule has 0 saturated heterocycles. The van der Waals surface area contributed by atoms with E-state index in [1.54, 1.807) is 7.11 Å². The second-order valence-electron chi connectivity index (χ2n) is 12.2. The van der Waals surface area contributed by atoms with Crippen LogP contribution in [0.5, 0.6) is 0 Å². The summed E-state index contributed by atoms with van der Waals surface area (Å²) in [5, 5.41) is 11.2. The summed E-state index contributed by atoms with van der Waals surface area (Å²) in [5.74, 6) is 7.40. The lowest BCUT2D eigenvalue weighted by Crippen LogP contribution is -2.50. The van der Waals surface area contributed by atoms with Gasteiger partial charge in [0.25, 0.3) is 0 Å². The third-order valence-electron chi connectivity index (χ3n) is 8.58. The van der Waals surface area contributed by atoms with E-state index in [0.717, 1.165) is 6.42 Å².